The van der Waals surface area contributed by atoms with Crippen molar-refractivity contribution in [3.8, 4) is 0 Å². The van der Waals surface area contributed by atoms with Gasteiger partial charge in [-0.3, -0.25) is 28.9 Å². The fourth-order valence-electron chi connectivity index (χ4n) is 3.01. The van der Waals surface area contributed by atoms with E-state index >= 15 is 0 Å². The van der Waals surface area contributed by atoms with E-state index in [2.05, 4.69) is 10.2 Å². The number of non-ortho nitro benzene ring substituents is 1. The Morgan fingerprint density at radius 3 is 2.37 bits per heavy atom. The lowest BCUT2D eigenvalue weighted by Gasteiger charge is -2.22. The van der Waals surface area contributed by atoms with E-state index in [0.29, 0.717) is 25.5 Å². The number of hydrogen-bond donors (Lipinski definition) is 2. The van der Waals surface area contributed by atoms with Gasteiger partial charge in [0.05, 0.1) is 11.5 Å². The molecule has 0 unspecified atom stereocenters. The van der Waals surface area contributed by atoms with Gasteiger partial charge in [0, 0.05) is 51.9 Å². The highest BCUT2D eigenvalue weighted by atomic mass is 35.5. The van der Waals surface area contributed by atoms with Crippen LogP contribution in [-0.4, -0.2) is 56.8 Å². The third kappa shape index (κ3) is 6.97. The second kappa shape index (κ2) is 12.1. The smallest absolute Gasteiger partial charge is 0.332 e. The number of anilines is 1. The van der Waals surface area contributed by atoms with Gasteiger partial charge in [0.1, 0.15) is 5.82 Å². The van der Waals surface area contributed by atoms with E-state index in [-0.39, 0.29) is 30.3 Å². The average molecular weight is 441 g/mol. The summed E-state index contributed by atoms with van der Waals surface area (Å²) in [5.41, 5.74) is 0.334. The molecule has 0 atom stereocenters. The Hall–Kier alpha value is -2.69. The van der Waals surface area contributed by atoms with E-state index in [1.165, 1.54) is 29.8 Å². The maximum Gasteiger partial charge on any atom is 0.332 e. The number of halogens is 1. The molecule has 0 bridgehead atoms. The van der Waals surface area contributed by atoms with Crippen molar-refractivity contribution in [3.05, 3.63) is 66.8 Å². The number of nitro benzene ring substituents is 1. The Morgan fingerprint density at radius 2 is 1.77 bits per heavy atom. The molecule has 0 radical (unpaired) electrons. The molecule has 2 aromatic rings. The van der Waals surface area contributed by atoms with Gasteiger partial charge in [-0.25, -0.2) is 4.79 Å². The number of aliphatic hydroxyl groups is 1. The van der Waals surface area contributed by atoms with Gasteiger partial charge < -0.3 is 22.8 Å². The zero-order valence-electron chi connectivity index (χ0n) is 17.1. The van der Waals surface area contributed by atoms with E-state index in [9.17, 15) is 24.8 Å². The van der Waals surface area contributed by atoms with Crippen LogP contribution < -0.4 is 29.0 Å². The van der Waals surface area contributed by atoms with Crippen molar-refractivity contribution in [1.82, 2.24) is 14.0 Å². The summed E-state index contributed by atoms with van der Waals surface area (Å²) in [7, 11) is 3.03. The van der Waals surface area contributed by atoms with E-state index in [1.807, 2.05) is 0 Å². The number of benzene rings is 1. The Balaban J connectivity index is 0.00000450. The first-order valence-corrected chi connectivity index (χ1v) is 9.41. The minimum atomic E-state index is -0.419. The first-order valence-electron chi connectivity index (χ1n) is 9.41. The molecule has 1 aromatic heterocycles. The van der Waals surface area contributed by atoms with Gasteiger partial charge in [0.25, 0.3) is 11.2 Å². The van der Waals surface area contributed by atoms with Gasteiger partial charge in [-0.05, 0) is 24.9 Å². The quantitative estimate of drug-likeness (QED) is 0.289. The minimum Gasteiger partial charge on any atom is -1.00 e. The van der Waals surface area contributed by atoms with Crippen molar-refractivity contribution < 1.29 is 22.4 Å². The van der Waals surface area contributed by atoms with Crippen LogP contribution in [0.3, 0.4) is 0 Å². The van der Waals surface area contributed by atoms with Crippen LogP contribution in [-0.2, 0) is 20.5 Å². The maximum absolute atomic E-state index is 11.9. The molecule has 2 N–H and O–H groups in total. The van der Waals surface area contributed by atoms with Gasteiger partial charge in [0.15, 0.2) is 0 Å². The lowest BCUT2D eigenvalue weighted by Crippen LogP contribution is -3.00. The van der Waals surface area contributed by atoms with Crippen molar-refractivity contribution in [3.63, 3.8) is 0 Å². The Labute approximate surface area is 180 Å². The largest absolute Gasteiger partial charge is 1.00 e. The van der Waals surface area contributed by atoms with Crippen LogP contribution in [0.1, 0.15) is 12.0 Å². The third-order valence-electron chi connectivity index (χ3n) is 4.76. The first kappa shape index (κ1) is 25.3. The number of nitrogens with zero attached hydrogens (tertiary/aromatic N) is 4. The summed E-state index contributed by atoms with van der Waals surface area (Å²) in [4.78, 5) is 36.1. The lowest BCUT2D eigenvalue weighted by molar-refractivity contribution is -0.384. The molecule has 0 fully saturated rings. The Morgan fingerprint density at radius 1 is 1.10 bits per heavy atom. The number of nitrogens with one attached hydrogen (secondary N) is 1. The lowest BCUT2D eigenvalue weighted by atomic mass is 10.1. The molecule has 0 saturated heterocycles. The second-order valence-electron chi connectivity index (χ2n) is 6.79. The Kier molecular flexibility index (Phi) is 10.2. The summed E-state index contributed by atoms with van der Waals surface area (Å²) >= 11 is 0. The molecule has 1 heterocycles. The molecule has 0 saturated carbocycles. The highest BCUT2D eigenvalue weighted by Gasteiger charge is 2.08. The van der Waals surface area contributed by atoms with Crippen LogP contribution >= 0.6 is 0 Å². The number of aliphatic hydroxyl groups excluding tert-OH is 1. The highest BCUT2D eigenvalue weighted by Crippen LogP contribution is 2.13. The molecular formula is C19H27ClN5O5-. The predicted octanol–water partition coefficient (Wildman–Crippen LogP) is -2.66. The summed E-state index contributed by atoms with van der Waals surface area (Å²) in [5, 5.41) is 23.1. The number of hydrogen-bond acceptors (Lipinski definition) is 7. The minimum absolute atomic E-state index is 0. The number of nitro groups is 1. The molecule has 1 aromatic carbocycles. The van der Waals surface area contributed by atoms with E-state index < -0.39 is 10.6 Å². The number of rotatable bonds is 11. The fourth-order valence-corrected chi connectivity index (χ4v) is 3.01. The van der Waals surface area contributed by atoms with E-state index in [1.54, 1.807) is 19.2 Å². The van der Waals surface area contributed by atoms with Crippen LogP contribution in [0.25, 0.3) is 0 Å². The summed E-state index contributed by atoms with van der Waals surface area (Å²) in [6.07, 6.45) is 1.61. The van der Waals surface area contributed by atoms with Gasteiger partial charge in [-0.15, -0.1) is 0 Å². The monoisotopic (exact) mass is 440 g/mol. The summed E-state index contributed by atoms with van der Waals surface area (Å²) in [6.45, 7) is 2.43. The number of aryl methyl sites for hydroxylation is 1. The average Bonchev–Trinajstić information content (AvgIpc) is 2.70. The van der Waals surface area contributed by atoms with Crippen LogP contribution in [0.4, 0.5) is 11.5 Å². The zero-order valence-corrected chi connectivity index (χ0v) is 17.8. The molecule has 0 amide bonds. The predicted molar refractivity (Wildman–Crippen MR) is 110 cm³/mol. The summed E-state index contributed by atoms with van der Waals surface area (Å²) in [6, 6.07) is 7.89. The molecule has 0 aliphatic carbocycles. The molecule has 166 valence electrons. The van der Waals surface area contributed by atoms with Crippen LogP contribution in [0.15, 0.2) is 39.9 Å². The number of aromatic nitrogens is 2. The van der Waals surface area contributed by atoms with Crippen molar-refractivity contribution in [2.45, 2.75) is 12.8 Å². The standard InChI is InChI=1S/C19H27N5O5.ClH/c1-21-17(14-18(26)22(2)19(21)27)20-9-11-23(12-13-25)10-3-4-15-5-7-16(8-6-15)24(28)29;/h5-8,14,20,25H,3-4,9-13H2,1-2H3;1H/p-1. The van der Waals surface area contributed by atoms with Crippen LogP contribution in [0.2, 0.25) is 0 Å². The SMILES string of the molecule is Cn1c(NCCN(CCO)CCCc2ccc([N+](=O)[O-])cc2)cc(=O)n(C)c1=O.[Cl-]. The van der Waals surface area contributed by atoms with Gasteiger partial charge >= 0.3 is 5.69 Å². The molecule has 11 heteroatoms. The van der Waals surface area contributed by atoms with Crippen molar-refractivity contribution in [2.75, 3.05) is 38.1 Å². The molecule has 30 heavy (non-hydrogen) atoms. The van der Waals surface area contributed by atoms with Gasteiger partial charge in [0.2, 0.25) is 0 Å². The summed E-state index contributed by atoms with van der Waals surface area (Å²) in [5.74, 6) is 0.452. The second-order valence-corrected chi connectivity index (χ2v) is 6.79. The molecule has 10 nitrogen and oxygen atoms in total. The van der Waals surface area contributed by atoms with Crippen molar-refractivity contribution >= 4 is 11.5 Å². The molecule has 2 rings (SSSR count). The zero-order chi connectivity index (χ0) is 21.4. The first-order chi connectivity index (χ1) is 13.8. The van der Waals surface area contributed by atoms with E-state index in [0.717, 1.165) is 29.5 Å². The normalized spacial score (nSPS) is 10.7. The molecular weight excluding hydrogens is 414 g/mol. The Bertz CT molecular complexity index is 942. The fraction of sp³-hybridized carbons (Fsp3) is 0.474. The molecule has 0 aliphatic heterocycles. The van der Waals surface area contributed by atoms with Crippen LogP contribution in [0, 0.1) is 10.1 Å². The van der Waals surface area contributed by atoms with E-state index in [4.69, 9.17) is 0 Å². The topological polar surface area (TPSA) is 123 Å². The highest BCUT2D eigenvalue weighted by molar-refractivity contribution is 5.34. The third-order valence-corrected chi connectivity index (χ3v) is 4.76. The summed E-state index contributed by atoms with van der Waals surface area (Å²) < 4.78 is 2.42. The molecule has 0 aliphatic rings. The van der Waals surface area contributed by atoms with Crippen LogP contribution in [0.5, 0.6) is 0 Å². The van der Waals surface area contributed by atoms with Gasteiger partial charge in [-0.2, -0.15) is 0 Å². The maximum atomic E-state index is 11.9. The van der Waals surface area contributed by atoms with Crippen molar-refractivity contribution in [2.24, 2.45) is 14.1 Å². The van der Waals surface area contributed by atoms with Crippen molar-refractivity contribution in [1.29, 1.82) is 0 Å². The molecule has 0 spiro atoms. The van der Waals surface area contributed by atoms with Gasteiger partial charge in [-0.1, -0.05) is 12.1 Å².